The molecule has 4 nitrogen and oxygen atoms in total. The number of nitrogens with one attached hydrogen (secondary N) is 1. The highest BCUT2D eigenvalue weighted by molar-refractivity contribution is 5.26. The molecule has 1 N–H and O–H groups in total. The second-order valence-corrected chi connectivity index (χ2v) is 5.15. The number of hydrogen-bond donors (Lipinski definition) is 1. The lowest BCUT2D eigenvalue weighted by Gasteiger charge is -2.26. The molecule has 96 valence electrons. The zero-order valence-corrected chi connectivity index (χ0v) is 11.0. The monoisotopic (exact) mass is 236 g/mol. The SMILES string of the molecule is CC(C)Nc1nccn1CCN1CCCCC1. The number of likely N-dealkylation sites (tertiary alicyclic amines) is 1. The van der Waals surface area contributed by atoms with Gasteiger partial charge in [0.1, 0.15) is 0 Å². The van der Waals surface area contributed by atoms with Crippen LogP contribution in [0.2, 0.25) is 0 Å². The Labute approximate surface area is 104 Å². The Kier molecular flexibility index (Phi) is 4.42. The van der Waals surface area contributed by atoms with Crippen LogP contribution in [-0.4, -0.2) is 40.1 Å². The van der Waals surface area contributed by atoms with E-state index in [4.69, 9.17) is 0 Å². The fourth-order valence-electron chi connectivity index (χ4n) is 2.32. The van der Waals surface area contributed by atoms with Crippen LogP contribution in [-0.2, 0) is 6.54 Å². The van der Waals surface area contributed by atoms with E-state index in [1.165, 1.54) is 32.4 Å². The summed E-state index contributed by atoms with van der Waals surface area (Å²) in [5.74, 6) is 0.997. The highest BCUT2D eigenvalue weighted by Gasteiger charge is 2.10. The van der Waals surface area contributed by atoms with Gasteiger partial charge in [-0.05, 0) is 39.8 Å². The molecule has 0 aromatic carbocycles. The van der Waals surface area contributed by atoms with Gasteiger partial charge in [0, 0.05) is 31.5 Å². The van der Waals surface area contributed by atoms with Gasteiger partial charge in [-0.15, -0.1) is 0 Å². The van der Waals surface area contributed by atoms with Crippen molar-refractivity contribution in [2.45, 2.75) is 45.7 Å². The molecule has 1 aromatic rings. The molecule has 0 radical (unpaired) electrons. The summed E-state index contributed by atoms with van der Waals surface area (Å²) in [7, 11) is 0. The predicted molar refractivity (Wildman–Crippen MR) is 71.3 cm³/mol. The van der Waals surface area contributed by atoms with Crippen molar-refractivity contribution in [3.8, 4) is 0 Å². The van der Waals surface area contributed by atoms with E-state index in [0.717, 1.165) is 19.0 Å². The molecule has 0 atom stereocenters. The minimum Gasteiger partial charge on any atom is -0.353 e. The van der Waals surface area contributed by atoms with Gasteiger partial charge in [0.15, 0.2) is 0 Å². The summed E-state index contributed by atoms with van der Waals surface area (Å²) in [4.78, 5) is 6.91. The first kappa shape index (κ1) is 12.4. The van der Waals surface area contributed by atoms with Crippen molar-refractivity contribution in [1.29, 1.82) is 0 Å². The Bertz CT molecular complexity index is 326. The smallest absolute Gasteiger partial charge is 0.203 e. The molecule has 2 rings (SSSR count). The molecule has 1 aliphatic rings. The number of imidazole rings is 1. The normalized spacial score (nSPS) is 17.6. The summed E-state index contributed by atoms with van der Waals surface area (Å²) in [6.07, 6.45) is 8.07. The number of piperidine rings is 1. The molecule has 0 bridgehead atoms. The van der Waals surface area contributed by atoms with Gasteiger partial charge >= 0.3 is 0 Å². The van der Waals surface area contributed by atoms with Gasteiger partial charge in [-0.3, -0.25) is 0 Å². The van der Waals surface area contributed by atoms with Gasteiger partial charge in [-0.1, -0.05) is 6.42 Å². The van der Waals surface area contributed by atoms with E-state index >= 15 is 0 Å². The Morgan fingerprint density at radius 1 is 1.24 bits per heavy atom. The average molecular weight is 236 g/mol. The minimum atomic E-state index is 0.436. The van der Waals surface area contributed by atoms with Crippen LogP contribution in [0.4, 0.5) is 5.95 Å². The van der Waals surface area contributed by atoms with Crippen LogP contribution in [0.25, 0.3) is 0 Å². The third-order valence-corrected chi connectivity index (χ3v) is 3.24. The molecule has 0 saturated carbocycles. The predicted octanol–water partition coefficient (Wildman–Crippen LogP) is 2.19. The van der Waals surface area contributed by atoms with Gasteiger partial charge in [-0.25, -0.2) is 4.98 Å². The molecule has 0 amide bonds. The van der Waals surface area contributed by atoms with Crippen LogP contribution in [0, 0.1) is 0 Å². The molecule has 0 unspecified atom stereocenters. The summed E-state index contributed by atoms with van der Waals surface area (Å²) < 4.78 is 2.22. The van der Waals surface area contributed by atoms with Gasteiger partial charge in [0.2, 0.25) is 5.95 Å². The Hall–Kier alpha value is -1.03. The Balaban J connectivity index is 1.83. The molecule has 1 aliphatic heterocycles. The van der Waals surface area contributed by atoms with Gasteiger partial charge in [-0.2, -0.15) is 0 Å². The first-order valence-corrected chi connectivity index (χ1v) is 6.76. The maximum Gasteiger partial charge on any atom is 0.203 e. The van der Waals surface area contributed by atoms with Gasteiger partial charge < -0.3 is 14.8 Å². The number of hydrogen-bond acceptors (Lipinski definition) is 3. The van der Waals surface area contributed by atoms with E-state index in [1.54, 1.807) is 0 Å². The lowest BCUT2D eigenvalue weighted by atomic mass is 10.1. The average Bonchev–Trinajstić information content (AvgIpc) is 2.74. The third kappa shape index (κ3) is 3.73. The number of anilines is 1. The van der Waals surface area contributed by atoms with E-state index in [0.29, 0.717) is 6.04 Å². The van der Waals surface area contributed by atoms with Crippen LogP contribution in [0.5, 0.6) is 0 Å². The van der Waals surface area contributed by atoms with Crippen LogP contribution in [0.15, 0.2) is 12.4 Å². The van der Waals surface area contributed by atoms with Crippen LogP contribution in [0.3, 0.4) is 0 Å². The topological polar surface area (TPSA) is 33.1 Å². The Morgan fingerprint density at radius 2 is 2.00 bits per heavy atom. The molecule has 1 saturated heterocycles. The van der Waals surface area contributed by atoms with Crippen molar-refractivity contribution in [3.63, 3.8) is 0 Å². The van der Waals surface area contributed by atoms with Crippen molar-refractivity contribution < 1.29 is 0 Å². The van der Waals surface area contributed by atoms with Crippen LogP contribution >= 0.6 is 0 Å². The largest absolute Gasteiger partial charge is 0.353 e. The second-order valence-electron chi connectivity index (χ2n) is 5.15. The van der Waals surface area contributed by atoms with E-state index in [-0.39, 0.29) is 0 Å². The molecular formula is C13H24N4. The molecule has 17 heavy (non-hydrogen) atoms. The molecular weight excluding hydrogens is 212 g/mol. The summed E-state index contributed by atoms with van der Waals surface area (Å²) in [5.41, 5.74) is 0. The van der Waals surface area contributed by atoms with Gasteiger partial charge in [0.25, 0.3) is 0 Å². The lowest BCUT2D eigenvalue weighted by molar-refractivity contribution is 0.221. The Morgan fingerprint density at radius 3 is 2.71 bits per heavy atom. The number of aromatic nitrogens is 2. The fourth-order valence-corrected chi connectivity index (χ4v) is 2.32. The molecule has 4 heteroatoms. The quantitative estimate of drug-likeness (QED) is 0.850. The maximum absolute atomic E-state index is 4.35. The summed E-state index contributed by atoms with van der Waals surface area (Å²) in [5, 5.41) is 3.37. The van der Waals surface area contributed by atoms with E-state index in [1.807, 2.05) is 6.20 Å². The molecule has 1 aromatic heterocycles. The highest BCUT2D eigenvalue weighted by Crippen LogP contribution is 2.10. The fraction of sp³-hybridized carbons (Fsp3) is 0.769. The zero-order chi connectivity index (χ0) is 12.1. The second kappa shape index (κ2) is 6.05. The first-order chi connectivity index (χ1) is 8.25. The summed E-state index contributed by atoms with van der Waals surface area (Å²) >= 11 is 0. The van der Waals surface area contributed by atoms with Crippen molar-refractivity contribution >= 4 is 5.95 Å². The maximum atomic E-state index is 4.35. The molecule has 0 aliphatic carbocycles. The third-order valence-electron chi connectivity index (χ3n) is 3.24. The summed E-state index contributed by atoms with van der Waals surface area (Å²) in [6.45, 7) is 8.99. The zero-order valence-electron chi connectivity index (χ0n) is 11.0. The molecule has 0 spiro atoms. The van der Waals surface area contributed by atoms with E-state index in [9.17, 15) is 0 Å². The minimum absolute atomic E-state index is 0.436. The molecule has 2 heterocycles. The summed E-state index contributed by atoms with van der Waals surface area (Å²) in [6, 6.07) is 0.436. The van der Waals surface area contributed by atoms with Crippen LogP contribution in [0.1, 0.15) is 33.1 Å². The standard InChI is InChI=1S/C13H24N4/c1-12(2)15-13-14-6-9-17(13)11-10-16-7-4-3-5-8-16/h6,9,12H,3-5,7-8,10-11H2,1-2H3,(H,14,15). The number of rotatable bonds is 5. The lowest BCUT2D eigenvalue weighted by Crippen LogP contribution is -2.32. The van der Waals surface area contributed by atoms with E-state index in [2.05, 4.69) is 39.8 Å². The number of nitrogens with zero attached hydrogens (tertiary/aromatic N) is 3. The van der Waals surface area contributed by atoms with Crippen molar-refractivity contribution in [2.24, 2.45) is 0 Å². The van der Waals surface area contributed by atoms with Crippen molar-refractivity contribution in [3.05, 3.63) is 12.4 Å². The van der Waals surface area contributed by atoms with Crippen molar-refractivity contribution in [1.82, 2.24) is 14.5 Å². The van der Waals surface area contributed by atoms with Crippen LogP contribution < -0.4 is 5.32 Å². The highest BCUT2D eigenvalue weighted by atomic mass is 15.2. The van der Waals surface area contributed by atoms with E-state index < -0.39 is 0 Å². The van der Waals surface area contributed by atoms with Crippen molar-refractivity contribution in [2.75, 3.05) is 25.0 Å². The molecule has 1 fully saturated rings. The van der Waals surface area contributed by atoms with Gasteiger partial charge in [0.05, 0.1) is 0 Å². The first-order valence-electron chi connectivity index (χ1n) is 6.76.